The number of anilines is 1. The van der Waals surface area contributed by atoms with Crippen LogP contribution in [0, 0.1) is 5.82 Å². The van der Waals surface area contributed by atoms with Crippen LogP contribution in [0.25, 0.3) is 0 Å². The smallest absolute Gasteiger partial charge is 0.230 e. The lowest BCUT2D eigenvalue weighted by Crippen LogP contribution is -2.68. The average Bonchev–Trinajstić information content (AvgIpc) is 3.38. The summed E-state index contributed by atoms with van der Waals surface area (Å²) in [5.41, 5.74) is 0.486. The van der Waals surface area contributed by atoms with E-state index >= 15 is 0 Å². The summed E-state index contributed by atoms with van der Waals surface area (Å²) in [6, 6.07) is 0.768. The fourth-order valence-electron chi connectivity index (χ4n) is 3.96. The van der Waals surface area contributed by atoms with Crippen molar-refractivity contribution in [2.24, 2.45) is 0 Å². The van der Waals surface area contributed by atoms with E-state index in [1.807, 2.05) is 6.92 Å². The normalized spacial score (nSPS) is 25.9. The highest BCUT2D eigenvalue weighted by atomic mass is 19.1. The molecule has 0 amide bonds. The molecular weight excluding hydrogens is 323 g/mol. The van der Waals surface area contributed by atoms with E-state index in [1.165, 1.54) is 6.33 Å². The molecule has 0 N–H and O–H groups in total. The Morgan fingerprint density at radius 3 is 2.72 bits per heavy atom. The van der Waals surface area contributed by atoms with Crippen molar-refractivity contribution in [1.29, 1.82) is 0 Å². The molecule has 0 aromatic carbocycles. The van der Waals surface area contributed by atoms with E-state index in [0.717, 1.165) is 38.2 Å². The first-order chi connectivity index (χ1) is 12.2. The van der Waals surface area contributed by atoms with Crippen molar-refractivity contribution in [1.82, 2.24) is 25.1 Å². The number of hydrogen-bond acceptors (Lipinski definition) is 7. The molecule has 6 rings (SSSR count). The summed E-state index contributed by atoms with van der Waals surface area (Å²) < 4.78 is 20.3. The molecule has 4 aliphatic rings. The molecular formula is C17H21FN6O. The molecule has 8 heteroatoms. The predicted octanol–water partition coefficient (Wildman–Crippen LogP) is 1.90. The van der Waals surface area contributed by atoms with Crippen LogP contribution in [0.1, 0.15) is 49.6 Å². The van der Waals surface area contributed by atoms with E-state index in [4.69, 9.17) is 4.42 Å². The SMILES string of the molecule is CCc1ncnc(N2CC3CC(C2)N3Cc2nnc(C3CC3)o2)c1F. The summed E-state index contributed by atoms with van der Waals surface area (Å²) in [4.78, 5) is 12.6. The number of piperidine rings is 1. The molecule has 132 valence electrons. The lowest BCUT2D eigenvalue weighted by atomic mass is 9.87. The lowest BCUT2D eigenvalue weighted by molar-refractivity contribution is -0.0154. The first kappa shape index (κ1) is 15.2. The van der Waals surface area contributed by atoms with Gasteiger partial charge in [0.25, 0.3) is 0 Å². The van der Waals surface area contributed by atoms with Crippen LogP contribution >= 0.6 is 0 Å². The number of halogens is 1. The third-order valence-electron chi connectivity index (χ3n) is 5.55. The molecule has 3 saturated heterocycles. The van der Waals surface area contributed by atoms with Crippen molar-refractivity contribution >= 4 is 5.82 Å². The molecule has 1 aliphatic carbocycles. The van der Waals surface area contributed by atoms with E-state index in [1.54, 1.807) is 0 Å². The number of hydrogen-bond donors (Lipinski definition) is 0. The van der Waals surface area contributed by atoms with Crippen molar-refractivity contribution < 1.29 is 8.81 Å². The Morgan fingerprint density at radius 2 is 2.00 bits per heavy atom. The number of aromatic nitrogens is 4. The number of nitrogens with zero attached hydrogens (tertiary/aromatic N) is 6. The zero-order valence-corrected chi connectivity index (χ0v) is 14.2. The van der Waals surface area contributed by atoms with Crippen LogP contribution in [0.15, 0.2) is 10.7 Å². The first-order valence-corrected chi connectivity index (χ1v) is 9.05. The molecule has 2 aromatic rings. The second kappa shape index (κ2) is 5.72. The maximum Gasteiger partial charge on any atom is 0.230 e. The molecule has 2 bridgehead atoms. The summed E-state index contributed by atoms with van der Waals surface area (Å²) in [5.74, 6) is 2.14. The minimum atomic E-state index is -0.274. The van der Waals surface area contributed by atoms with Gasteiger partial charge in [-0.05, 0) is 25.7 Å². The minimum Gasteiger partial charge on any atom is -0.424 e. The highest BCUT2D eigenvalue weighted by Gasteiger charge is 2.46. The average molecular weight is 344 g/mol. The van der Waals surface area contributed by atoms with Crippen molar-refractivity contribution in [3.05, 3.63) is 29.6 Å². The summed E-state index contributed by atoms with van der Waals surface area (Å²) >= 11 is 0. The van der Waals surface area contributed by atoms with Gasteiger partial charge in [-0.25, -0.2) is 14.4 Å². The van der Waals surface area contributed by atoms with E-state index in [-0.39, 0.29) is 5.82 Å². The lowest BCUT2D eigenvalue weighted by Gasteiger charge is -2.56. The van der Waals surface area contributed by atoms with Gasteiger partial charge < -0.3 is 9.32 Å². The summed E-state index contributed by atoms with van der Waals surface area (Å²) in [6.45, 7) is 4.15. The topological polar surface area (TPSA) is 71.2 Å². The number of aryl methyl sites for hydroxylation is 1. The highest BCUT2D eigenvalue weighted by Crippen LogP contribution is 2.40. The fraction of sp³-hybridized carbons (Fsp3) is 0.647. The Labute approximate surface area is 145 Å². The van der Waals surface area contributed by atoms with Gasteiger partial charge in [-0.15, -0.1) is 10.2 Å². The molecule has 7 nitrogen and oxygen atoms in total. The fourth-order valence-corrected chi connectivity index (χ4v) is 3.96. The Hall–Kier alpha value is -2.09. The molecule has 0 spiro atoms. The van der Waals surface area contributed by atoms with E-state index in [9.17, 15) is 4.39 Å². The number of rotatable bonds is 5. The molecule has 25 heavy (non-hydrogen) atoms. The first-order valence-electron chi connectivity index (χ1n) is 9.05. The predicted molar refractivity (Wildman–Crippen MR) is 87.6 cm³/mol. The van der Waals surface area contributed by atoms with Crippen molar-refractivity contribution in [2.45, 2.75) is 57.2 Å². The minimum absolute atomic E-state index is 0.274. The van der Waals surface area contributed by atoms with E-state index in [0.29, 0.717) is 48.4 Å². The van der Waals surface area contributed by atoms with Crippen LogP contribution in [0.5, 0.6) is 0 Å². The van der Waals surface area contributed by atoms with Crippen LogP contribution in [0.3, 0.4) is 0 Å². The third kappa shape index (κ3) is 2.59. The maximum atomic E-state index is 14.5. The molecule has 2 unspecified atom stereocenters. The van der Waals surface area contributed by atoms with Crippen molar-refractivity contribution in [2.75, 3.05) is 18.0 Å². The molecule has 3 aliphatic heterocycles. The van der Waals surface area contributed by atoms with Crippen LogP contribution in [0.2, 0.25) is 0 Å². The molecule has 0 radical (unpaired) electrons. The van der Waals surface area contributed by atoms with Crippen molar-refractivity contribution in [3.8, 4) is 0 Å². The zero-order chi connectivity index (χ0) is 17.0. The standard InChI is InChI=1S/C17H21FN6O/c1-2-13-15(18)16(20-9-19-13)23-6-11-5-12(7-23)24(11)8-14-21-22-17(25-14)10-3-4-10/h9-12H,2-8H2,1H3. The third-order valence-corrected chi connectivity index (χ3v) is 5.55. The summed E-state index contributed by atoms with van der Waals surface area (Å²) in [6.07, 6.45) is 5.50. The van der Waals surface area contributed by atoms with Crippen LogP contribution in [-0.2, 0) is 13.0 Å². The van der Waals surface area contributed by atoms with Gasteiger partial charge in [0.2, 0.25) is 11.8 Å². The Morgan fingerprint density at radius 1 is 1.20 bits per heavy atom. The largest absolute Gasteiger partial charge is 0.424 e. The van der Waals surface area contributed by atoms with Gasteiger partial charge in [0, 0.05) is 31.1 Å². The van der Waals surface area contributed by atoms with Crippen LogP contribution in [0.4, 0.5) is 10.2 Å². The monoisotopic (exact) mass is 344 g/mol. The molecule has 2 aromatic heterocycles. The van der Waals surface area contributed by atoms with Gasteiger partial charge >= 0.3 is 0 Å². The number of piperazine rings is 1. The zero-order valence-electron chi connectivity index (χ0n) is 14.2. The summed E-state index contributed by atoms with van der Waals surface area (Å²) in [5, 5.41) is 8.34. The van der Waals surface area contributed by atoms with Crippen molar-refractivity contribution in [3.63, 3.8) is 0 Å². The second-order valence-electron chi connectivity index (χ2n) is 7.24. The van der Waals surface area contributed by atoms with Gasteiger partial charge in [0.15, 0.2) is 11.6 Å². The second-order valence-corrected chi connectivity index (χ2v) is 7.24. The van der Waals surface area contributed by atoms with Gasteiger partial charge in [-0.1, -0.05) is 6.92 Å². The quantitative estimate of drug-likeness (QED) is 0.820. The van der Waals surface area contributed by atoms with Crippen LogP contribution in [-0.4, -0.2) is 50.2 Å². The summed E-state index contributed by atoms with van der Waals surface area (Å²) in [7, 11) is 0. The molecule has 2 atom stereocenters. The van der Waals surface area contributed by atoms with Gasteiger partial charge in [-0.2, -0.15) is 0 Å². The van der Waals surface area contributed by atoms with Gasteiger partial charge in [-0.3, -0.25) is 4.90 Å². The number of fused-ring (bicyclic) bond motifs is 2. The van der Waals surface area contributed by atoms with Gasteiger partial charge in [0.05, 0.1) is 12.2 Å². The van der Waals surface area contributed by atoms with E-state index < -0.39 is 0 Å². The van der Waals surface area contributed by atoms with Gasteiger partial charge in [0.1, 0.15) is 6.33 Å². The van der Waals surface area contributed by atoms with Crippen LogP contribution < -0.4 is 4.90 Å². The Bertz CT molecular complexity index is 779. The highest BCUT2D eigenvalue weighted by molar-refractivity contribution is 5.43. The Kier molecular flexibility index (Phi) is 3.48. The van der Waals surface area contributed by atoms with E-state index in [2.05, 4.69) is 30.0 Å². The maximum absolute atomic E-state index is 14.5. The molecule has 5 heterocycles. The molecule has 4 fully saturated rings. The molecule has 1 saturated carbocycles. The Balaban J connectivity index is 1.27.